The smallest absolute Gasteiger partial charge is 0.246 e. The monoisotopic (exact) mass is 276 g/mol. The number of rotatable bonds is 7. The number of hydrogen-bond acceptors (Lipinski definition) is 3. The second-order valence-corrected chi connectivity index (χ2v) is 5.83. The Labute approximate surface area is 120 Å². The van der Waals surface area contributed by atoms with Gasteiger partial charge in [0.05, 0.1) is 5.60 Å². The molecule has 110 valence electrons. The zero-order valence-corrected chi connectivity index (χ0v) is 12.3. The van der Waals surface area contributed by atoms with E-state index in [-0.39, 0.29) is 24.2 Å². The van der Waals surface area contributed by atoms with Crippen LogP contribution in [0.15, 0.2) is 30.3 Å². The normalized spacial score (nSPS) is 18.1. The molecule has 1 aromatic rings. The van der Waals surface area contributed by atoms with Crippen molar-refractivity contribution in [2.75, 3.05) is 19.7 Å². The molecule has 1 aliphatic rings. The summed E-state index contributed by atoms with van der Waals surface area (Å²) in [6.07, 6.45) is 1.92. The van der Waals surface area contributed by atoms with E-state index < -0.39 is 0 Å². The first-order valence-corrected chi connectivity index (χ1v) is 7.25. The van der Waals surface area contributed by atoms with Gasteiger partial charge in [-0.15, -0.1) is 0 Å². The number of aryl methyl sites for hydroxylation is 1. The van der Waals surface area contributed by atoms with Crippen molar-refractivity contribution in [3.8, 4) is 0 Å². The summed E-state index contributed by atoms with van der Waals surface area (Å²) in [6, 6.07) is 10.5. The van der Waals surface area contributed by atoms with Crippen LogP contribution in [0.1, 0.15) is 25.8 Å². The molecule has 2 rings (SSSR count). The lowest BCUT2D eigenvalue weighted by molar-refractivity contribution is -0.136. The minimum absolute atomic E-state index is 0.0290. The van der Waals surface area contributed by atoms with Crippen LogP contribution in [-0.4, -0.2) is 37.2 Å². The summed E-state index contributed by atoms with van der Waals surface area (Å²) in [6.45, 7) is 5.85. The molecule has 2 N–H and O–H groups in total. The Kier molecular flexibility index (Phi) is 5.15. The van der Waals surface area contributed by atoms with Gasteiger partial charge in [0.1, 0.15) is 6.61 Å². The molecule has 0 bridgehead atoms. The summed E-state index contributed by atoms with van der Waals surface area (Å²) in [5.74, 6) is -0.0290. The van der Waals surface area contributed by atoms with Crippen LogP contribution in [-0.2, 0) is 16.0 Å². The molecule has 1 atom stereocenters. The molecule has 1 aliphatic heterocycles. The van der Waals surface area contributed by atoms with Crippen LogP contribution in [0.3, 0.4) is 0 Å². The highest BCUT2D eigenvalue weighted by molar-refractivity contribution is 5.77. The van der Waals surface area contributed by atoms with Crippen molar-refractivity contribution in [1.82, 2.24) is 10.6 Å². The third-order valence-corrected chi connectivity index (χ3v) is 3.67. The van der Waals surface area contributed by atoms with Crippen molar-refractivity contribution in [2.45, 2.75) is 38.3 Å². The zero-order valence-electron chi connectivity index (χ0n) is 12.3. The lowest BCUT2D eigenvalue weighted by Crippen LogP contribution is -2.59. The van der Waals surface area contributed by atoms with Crippen LogP contribution in [0.5, 0.6) is 0 Å². The highest BCUT2D eigenvalue weighted by Crippen LogP contribution is 2.14. The predicted octanol–water partition coefficient (Wildman–Crippen LogP) is 1.50. The maximum absolute atomic E-state index is 11.8. The van der Waals surface area contributed by atoms with Gasteiger partial charge >= 0.3 is 0 Å². The van der Waals surface area contributed by atoms with E-state index in [0.29, 0.717) is 0 Å². The van der Waals surface area contributed by atoms with Crippen molar-refractivity contribution in [3.05, 3.63) is 35.9 Å². The molecule has 0 aliphatic carbocycles. The van der Waals surface area contributed by atoms with Gasteiger partial charge < -0.3 is 15.4 Å². The van der Waals surface area contributed by atoms with Gasteiger partial charge in [-0.25, -0.2) is 0 Å². The van der Waals surface area contributed by atoms with Gasteiger partial charge in [-0.1, -0.05) is 30.3 Å². The number of carbonyl (C=O) groups is 1. The Morgan fingerprint density at radius 1 is 1.40 bits per heavy atom. The van der Waals surface area contributed by atoms with E-state index in [2.05, 4.69) is 22.8 Å². The van der Waals surface area contributed by atoms with Crippen molar-refractivity contribution >= 4 is 5.91 Å². The van der Waals surface area contributed by atoms with Crippen LogP contribution >= 0.6 is 0 Å². The lowest BCUT2D eigenvalue weighted by Gasteiger charge is -2.38. The molecule has 1 fully saturated rings. The van der Waals surface area contributed by atoms with E-state index in [1.807, 2.05) is 32.0 Å². The Morgan fingerprint density at radius 2 is 2.10 bits per heavy atom. The molecule has 20 heavy (non-hydrogen) atoms. The van der Waals surface area contributed by atoms with Crippen molar-refractivity contribution in [1.29, 1.82) is 0 Å². The largest absolute Gasteiger partial charge is 0.363 e. The van der Waals surface area contributed by atoms with E-state index >= 15 is 0 Å². The molecule has 1 amide bonds. The highest BCUT2D eigenvalue weighted by atomic mass is 16.5. The van der Waals surface area contributed by atoms with Crippen molar-refractivity contribution in [3.63, 3.8) is 0 Å². The van der Waals surface area contributed by atoms with Crippen LogP contribution in [0.2, 0.25) is 0 Å². The van der Waals surface area contributed by atoms with Gasteiger partial charge in [0.2, 0.25) is 5.91 Å². The molecule has 1 unspecified atom stereocenters. The number of benzene rings is 1. The molecule has 4 nitrogen and oxygen atoms in total. The summed E-state index contributed by atoms with van der Waals surface area (Å²) in [4.78, 5) is 11.8. The van der Waals surface area contributed by atoms with Crippen LogP contribution < -0.4 is 10.6 Å². The number of carbonyl (C=O) groups excluding carboxylic acids is 1. The molecule has 1 saturated heterocycles. The summed E-state index contributed by atoms with van der Waals surface area (Å²) in [5, 5.41) is 6.13. The summed E-state index contributed by atoms with van der Waals surface area (Å²) >= 11 is 0. The number of ether oxygens (including phenoxy) is 1. The van der Waals surface area contributed by atoms with E-state index in [1.54, 1.807) is 0 Å². The van der Waals surface area contributed by atoms with Crippen LogP contribution in [0.4, 0.5) is 0 Å². The molecule has 0 aromatic heterocycles. The average molecular weight is 276 g/mol. The Hall–Kier alpha value is -1.39. The molecule has 0 spiro atoms. The minimum Gasteiger partial charge on any atom is -0.363 e. The number of amides is 1. The second-order valence-electron chi connectivity index (χ2n) is 5.83. The van der Waals surface area contributed by atoms with Gasteiger partial charge in [-0.3, -0.25) is 4.79 Å². The highest BCUT2D eigenvalue weighted by Gasteiger charge is 2.33. The Bertz CT molecular complexity index is 429. The molecular formula is C16H24N2O2. The van der Waals surface area contributed by atoms with E-state index in [4.69, 9.17) is 4.74 Å². The van der Waals surface area contributed by atoms with Gasteiger partial charge in [-0.2, -0.15) is 0 Å². The number of nitrogens with one attached hydrogen (secondary N) is 2. The van der Waals surface area contributed by atoms with Gasteiger partial charge in [0.25, 0.3) is 0 Å². The summed E-state index contributed by atoms with van der Waals surface area (Å²) < 4.78 is 5.62. The van der Waals surface area contributed by atoms with E-state index in [1.165, 1.54) is 5.56 Å². The molecule has 0 saturated carbocycles. The topological polar surface area (TPSA) is 50.4 Å². The van der Waals surface area contributed by atoms with Gasteiger partial charge in [0.15, 0.2) is 0 Å². The second kappa shape index (κ2) is 6.86. The molecule has 4 heteroatoms. The van der Waals surface area contributed by atoms with E-state index in [9.17, 15) is 4.79 Å². The quantitative estimate of drug-likeness (QED) is 0.793. The third-order valence-electron chi connectivity index (χ3n) is 3.67. The first-order valence-electron chi connectivity index (χ1n) is 7.25. The predicted molar refractivity (Wildman–Crippen MR) is 79.6 cm³/mol. The van der Waals surface area contributed by atoms with Crippen molar-refractivity contribution in [2.24, 2.45) is 0 Å². The average Bonchev–Trinajstić information content (AvgIpc) is 2.42. The molecular weight excluding hydrogens is 252 g/mol. The standard InChI is InChI=1S/C16H24N2O2/c1-13(8-9-14-6-4-3-5-7-14)18-15(19)10-20-16(2)11-17-12-16/h3-7,13,17H,8-12H2,1-2H3,(H,18,19). The Morgan fingerprint density at radius 3 is 2.70 bits per heavy atom. The molecule has 1 heterocycles. The number of hydrogen-bond donors (Lipinski definition) is 2. The molecule has 1 aromatic carbocycles. The van der Waals surface area contributed by atoms with Crippen LogP contribution in [0.25, 0.3) is 0 Å². The Balaban J connectivity index is 1.63. The van der Waals surface area contributed by atoms with Crippen LogP contribution in [0, 0.1) is 0 Å². The zero-order chi connectivity index (χ0) is 14.4. The summed E-state index contributed by atoms with van der Waals surface area (Å²) in [5.41, 5.74) is 1.14. The van der Waals surface area contributed by atoms with Crippen molar-refractivity contribution < 1.29 is 9.53 Å². The SMILES string of the molecule is CC(CCc1ccccc1)NC(=O)COC1(C)CNC1. The molecule has 0 radical (unpaired) electrons. The lowest BCUT2D eigenvalue weighted by atomic mass is 10.0. The van der Waals surface area contributed by atoms with Gasteiger partial charge in [0, 0.05) is 19.1 Å². The summed E-state index contributed by atoms with van der Waals surface area (Å²) in [7, 11) is 0. The minimum atomic E-state index is -0.162. The first kappa shape index (κ1) is 15.0. The fraction of sp³-hybridized carbons (Fsp3) is 0.562. The fourth-order valence-electron chi connectivity index (χ4n) is 2.24. The maximum atomic E-state index is 11.8. The van der Waals surface area contributed by atoms with E-state index in [0.717, 1.165) is 25.9 Å². The maximum Gasteiger partial charge on any atom is 0.246 e. The first-order chi connectivity index (χ1) is 9.57. The third kappa shape index (κ3) is 4.62. The fourth-order valence-corrected chi connectivity index (χ4v) is 2.24. The van der Waals surface area contributed by atoms with Gasteiger partial charge in [-0.05, 0) is 32.3 Å².